The van der Waals surface area contributed by atoms with Gasteiger partial charge in [-0.2, -0.15) is 0 Å². The molecule has 5 rings (SSSR count). The molecular formula is C28H36N4O3. The zero-order valence-electron chi connectivity index (χ0n) is 20.8. The van der Waals surface area contributed by atoms with Gasteiger partial charge in [-0.15, -0.1) is 0 Å². The Morgan fingerprint density at radius 1 is 1.17 bits per heavy atom. The third-order valence-electron chi connectivity index (χ3n) is 7.70. The van der Waals surface area contributed by atoms with Crippen molar-refractivity contribution in [3.05, 3.63) is 60.0 Å². The summed E-state index contributed by atoms with van der Waals surface area (Å²) in [5, 5.41) is 3.30. The van der Waals surface area contributed by atoms with Gasteiger partial charge in [0.05, 0.1) is 18.3 Å². The van der Waals surface area contributed by atoms with E-state index in [9.17, 15) is 9.59 Å². The van der Waals surface area contributed by atoms with E-state index in [0.717, 1.165) is 50.7 Å². The standard InChI is InChI=1S/C28H36N4O3/c1-28(27(34)29-22-12-7-4-8-13-22)20-31-23-14-17-35-25(23)18-24(31)26(33)32(28)16-9-15-30(2)19-21-10-5-3-6-11-21/h3,5-6,10-11,14,17-18,22H,4,7-9,12-13,15-16,19-20H2,1-2H3,(H,29,34)/t28-/m0/s1. The van der Waals surface area contributed by atoms with Crippen molar-refractivity contribution in [2.45, 2.75) is 70.1 Å². The number of amides is 2. The fourth-order valence-corrected chi connectivity index (χ4v) is 5.68. The van der Waals surface area contributed by atoms with Gasteiger partial charge in [0.15, 0.2) is 5.58 Å². The smallest absolute Gasteiger partial charge is 0.271 e. The summed E-state index contributed by atoms with van der Waals surface area (Å²) in [6.07, 6.45) is 7.98. The average molecular weight is 477 g/mol. The number of rotatable bonds is 8. The van der Waals surface area contributed by atoms with Crippen molar-refractivity contribution in [2.75, 3.05) is 20.1 Å². The van der Waals surface area contributed by atoms with Gasteiger partial charge in [-0.25, -0.2) is 0 Å². The summed E-state index contributed by atoms with van der Waals surface area (Å²) in [6.45, 7) is 4.57. The number of nitrogens with zero attached hydrogens (tertiary/aromatic N) is 3. The maximum atomic E-state index is 13.7. The zero-order chi connectivity index (χ0) is 24.4. The van der Waals surface area contributed by atoms with Crippen LogP contribution in [0.4, 0.5) is 0 Å². The number of nitrogens with one attached hydrogen (secondary N) is 1. The van der Waals surface area contributed by atoms with E-state index >= 15 is 0 Å². The number of fused-ring (bicyclic) bond motifs is 3. The molecular weight excluding hydrogens is 440 g/mol. The third-order valence-corrected chi connectivity index (χ3v) is 7.70. The van der Waals surface area contributed by atoms with Crippen LogP contribution in [0.3, 0.4) is 0 Å². The summed E-state index contributed by atoms with van der Waals surface area (Å²) in [6, 6.07) is 14.3. The Bertz CT molecular complexity index is 1180. The number of benzene rings is 1. The monoisotopic (exact) mass is 476 g/mol. The topological polar surface area (TPSA) is 70.7 Å². The van der Waals surface area contributed by atoms with Crippen LogP contribution < -0.4 is 5.32 Å². The molecule has 1 saturated carbocycles. The van der Waals surface area contributed by atoms with Gasteiger partial charge in [-0.3, -0.25) is 9.59 Å². The first-order valence-electron chi connectivity index (χ1n) is 12.9. The van der Waals surface area contributed by atoms with E-state index in [1.165, 1.54) is 12.0 Å². The molecule has 0 saturated heterocycles. The van der Waals surface area contributed by atoms with Gasteiger partial charge >= 0.3 is 0 Å². The van der Waals surface area contributed by atoms with Gasteiger partial charge in [0.1, 0.15) is 11.2 Å². The number of carbonyl (C=O) groups excluding carboxylic acids is 2. The van der Waals surface area contributed by atoms with Crippen LogP contribution in [0.5, 0.6) is 0 Å². The Balaban J connectivity index is 1.34. The molecule has 7 nitrogen and oxygen atoms in total. The second-order valence-corrected chi connectivity index (χ2v) is 10.4. The van der Waals surface area contributed by atoms with Crippen molar-refractivity contribution in [1.29, 1.82) is 0 Å². The Morgan fingerprint density at radius 2 is 1.94 bits per heavy atom. The number of hydrogen-bond donors (Lipinski definition) is 1. The van der Waals surface area contributed by atoms with Gasteiger partial charge < -0.3 is 24.1 Å². The first kappa shape index (κ1) is 23.7. The van der Waals surface area contributed by atoms with E-state index in [1.54, 1.807) is 11.2 Å². The molecule has 2 aromatic heterocycles. The number of aromatic nitrogens is 1. The number of hydrogen-bond acceptors (Lipinski definition) is 4. The molecule has 1 aliphatic carbocycles. The quantitative estimate of drug-likeness (QED) is 0.523. The lowest BCUT2D eigenvalue weighted by Crippen LogP contribution is -2.65. The molecule has 1 N–H and O–H groups in total. The van der Waals surface area contributed by atoms with Crippen molar-refractivity contribution in [1.82, 2.24) is 19.7 Å². The Kier molecular flexibility index (Phi) is 6.69. The average Bonchev–Trinajstić information content (AvgIpc) is 3.45. The van der Waals surface area contributed by atoms with E-state index in [4.69, 9.17) is 4.42 Å². The highest BCUT2D eigenvalue weighted by molar-refractivity contribution is 6.02. The Labute approximate surface area is 207 Å². The minimum Gasteiger partial charge on any atom is -0.463 e. The van der Waals surface area contributed by atoms with Crippen LogP contribution in [0.25, 0.3) is 11.1 Å². The minimum absolute atomic E-state index is 0.0496. The molecule has 1 atom stereocenters. The predicted molar refractivity (Wildman–Crippen MR) is 136 cm³/mol. The molecule has 35 heavy (non-hydrogen) atoms. The molecule has 2 aliphatic rings. The fourth-order valence-electron chi connectivity index (χ4n) is 5.68. The molecule has 1 aromatic carbocycles. The van der Waals surface area contributed by atoms with Crippen LogP contribution in [0.1, 0.15) is 61.5 Å². The summed E-state index contributed by atoms with van der Waals surface area (Å²) in [5.74, 6) is -0.152. The number of furan rings is 1. The summed E-state index contributed by atoms with van der Waals surface area (Å²) in [5.41, 5.74) is 2.46. The van der Waals surface area contributed by atoms with Gasteiger partial charge in [-0.05, 0) is 45.3 Å². The lowest BCUT2D eigenvalue weighted by molar-refractivity contribution is -0.133. The van der Waals surface area contributed by atoms with Crippen LogP contribution in [0.15, 0.2) is 53.1 Å². The Hall–Kier alpha value is -3.06. The van der Waals surface area contributed by atoms with E-state index < -0.39 is 5.54 Å². The van der Waals surface area contributed by atoms with Gasteiger partial charge in [-0.1, -0.05) is 49.6 Å². The van der Waals surface area contributed by atoms with Crippen LogP contribution in [0, 0.1) is 0 Å². The highest BCUT2D eigenvalue weighted by atomic mass is 16.3. The van der Waals surface area contributed by atoms with Crippen molar-refractivity contribution in [3.8, 4) is 0 Å². The van der Waals surface area contributed by atoms with Crippen molar-refractivity contribution >= 4 is 22.9 Å². The molecule has 3 heterocycles. The molecule has 2 amide bonds. The molecule has 7 heteroatoms. The molecule has 3 aromatic rings. The summed E-state index contributed by atoms with van der Waals surface area (Å²) in [7, 11) is 2.10. The van der Waals surface area contributed by atoms with E-state index in [-0.39, 0.29) is 17.9 Å². The van der Waals surface area contributed by atoms with Crippen LogP contribution >= 0.6 is 0 Å². The Morgan fingerprint density at radius 3 is 2.71 bits per heavy atom. The fraction of sp³-hybridized carbons (Fsp3) is 0.500. The lowest BCUT2D eigenvalue weighted by Gasteiger charge is -2.45. The normalized spacial score (nSPS) is 21.0. The maximum Gasteiger partial charge on any atom is 0.271 e. The molecule has 1 aliphatic heterocycles. The molecule has 1 fully saturated rings. The van der Waals surface area contributed by atoms with E-state index in [2.05, 4.69) is 41.5 Å². The minimum atomic E-state index is -0.956. The third kappa shape index (κ3) is 4.74. The van der Waals surface area contributed by atoms with E-state index in [1.807, 2.05) is 29.7 Å². The molecule has 0 unspecified atom stereocenters. The summed E-state index contributed by atoms with van der Waals surface area (Å²) >= 11 is 0. The van der Waals surface area contributed by atoms with Crippen molar-refractivity contribution < 1.29 is 14.0 Å². The van der Waals surface area contributed by atoms with Crippen molar-refractivity contribution in [3.63, 3.8) is 0 Å². The second kappa shape index (κ2) is 9.90. The first-order valence-corrected chi connectivity index (χ1v) is 12.9. The SMILES string of the molecule is CN(CCCN1C(=O)c2cc3occc3n2C[C@@]1(C)C(=O)NC1CCCCC1)Cc1ccccc1. The highest BCUT2D eigenvalue weighted by Gasteiger charge is 2.48. The molecule has 0 spiro atoms. The van der Waals surface area contributed by atoms with Gasteiger partial charge in [0, 0.05) is 31.3 Å². The summed E-state index contributed by atoms with van der Waals surface area (Å²) in [4.78, 5) is 31.5. The van der Waals surface area contributed by atoms with E-state index in [0.29, 0.717) is 24.4 Å². The molecule has 0 radical (unpaired) electrons. The zero-order valence-corrected chi connectivity index (χ0v) is 20.8. The highest BCUT2D eigenvalue weighted by Crippen LogP contribution is 2.33. The second-order valence-electron chi connectivity index (χ2n) is 10.4. The predicted octanol–water partition coefficient (Wildman–Crippen LogP) is 4.42. The largest absolute Gasteiger partial charge is 0.463 e. The first-order chi connectivity index (χ1) is 17.0. The van der Waals surface area contributed by atoms with Crippen LogP contribution in [-0.2, 0) is 17.9 Å². The van der Waals surface area contributed by atoms with Crippen LogP contribution in [-0.4, -0.2) is 57.9 Å². The lowest BCUT2D eigenvalue weighted by atomic mass is 9.91. The summed E-state index contributed by atoms with van der Waals surface area (Å²) < 4.78 is 7.53. The maximum absolute atomic E-state index is 13.7. The van der Waals surface area contributed by atoms with Gasteiger partial charge in [0.25, 0.3) is 5.91 Å². The molecule has 186 valence electrons. The van der Waals surface area contributed by atoms with Crippen molar-refractivity contribution in [2.24, 2.45) is 0 Å². The van der Waals surface area contributed by atoms with Gasteiger partial charge in [0.2, 0.25) is 5.91 Å². The van der Waals surface area contributed by atoms with Crippen LogP contribution in [0.2, 0.25) is 0 Å². The molecule has 0 bridgehead atoms. The number of carbonyl (C=O) groups is 2.